The van der Waals surface area contributed by atoms with Crippen molar-refractivity contribution in [2.75, 3.05) is 4.84 Å². The largest absolute Gasteiger partial charge is 0.282 e. The van der Waals surface area contributed by atoms with E-state index in [0.717, 1.165) is 3.57 Å². The lowest BCUT2D eigenvalue weighted by molar-refractivity contribution is 1.31. The van der Waals surface area contributed by atoms with Gasteiger partial charge < -0.3 is 0 Å². The lowest BCUT2D eigenvalue weighted by Gasteiger charge is -1.96. The molecule has 1 N–H and O–H groups in total. The Labute approximate surface area is 71.9 Å². The van der Waals surface area contributed by atoms with Crippen LogP contribution in [0.25, 0.3) is 0 Å². The minimum absolute atomic E-state index is 0.708. The average Bonchev–Trinajstić information content (AvgIpc) is 1.89. The maximum Gasteiger partial charge on any atom is 0.153 e. The van der Waals surface area contributed by atoms with Crippen molar-refractivity contribution < 1.29 is 0 Å². The van der Waals surface area contributed by atoms with E-state index in [1.165, 1.54) is 0 Å². The number of hydrogen-bond donors (Lipinski definition) is 1. The first-order valence-electron chi connectivity index (χ1n) is 2.32. The summed E-state index contributed by atoms with van der Waals surface area (Å²) in [5.74, 6) is 0.708. The van der Waals surface area contributed by atoms with E-state index < -0.39 is 0 Å². The topological polar surface area (TPSA) is 24.9 Å². The van der Waals surface area contributed by atoms with Crippen LogP contribution in [0.1, 0.15) is 0 Å². The maximum absolute atomic E-state index is 5.31. The van der Waals surface area contributed by atoms with Gasteiger partial charge in [-0.1, -0.05) is 0 Å². The molecule has 4 heteroatoms. The second kappa shape index (κ2) is 3.22. The van der Waals surface area contributed by atoms with Gasteiger partial charge in [-0.15, -0.1) is 0 Å². The van der Waals surface area contributed by atoms with Crippen LogP contribution in [0.2, 0.25) is 0 Å². The van der Waals surface area contributed by atoms with Crippen LogP contribution in [-0.2, 0) is 0 Å². The Balaban J connectivity index is 3.01. The fraction of sp³-hybridized carbons (Fsp3) is 0. The van der Waals surface area contributed by atoms with Crippen LogP contribution in [0, 0.1) is 3.57 Å². The van der Waals surface area contributed by atoms with E-state index in [2.05, 4.69) is 32.4 Å². The molecule has 0 amide bonds. The minimum Gasteiger partial charge on any atom is -0.282 e. The van der Waals surface area contributed by atoms with E-state index in [1.807, 2.05) is 12.1 Å². The zero-order valence-electron chi connectivity index (χ0n) is 4.44. The molecule has 0 saturated carbocycles. The molecule has 2 nitrogen and oxygen atoms in total. The monoisotopic (exact) mass is 254 g/mol. The van der Waals surface area contributed by atoms with Crippen molar-refractivity contribution in [1.82, 2.24) is 4.98 Å². The first-order chi connectivity index (χ1) is 4.34. The lowest BCUT2D eigenvalue weighted by Crippen LogP contribution is -1.87. The predicted molar refractivity (Wildman–Crippen MR) is 46.4 cm³/mol. The van der Waals surface area contributed by atoms with Gasteiger partial charge in [0.1, 0.15) is 0 Å². The Bertz CT molecular complexity index is 204. The summed E-state index contributed by atoms with van der Waals surface area (Å²) in [4.78, 5) is 6.40. The summed E-state index contributed by atoms with van der Waals surface area (Å²) in [7, 11) is 0. The number of pyridine rings is 1. The lowest BCUT2D eigenvalue weighted by atomic mass is 10.5. The highest BCUT2D eigenvalue weighted by atomic mass is 127. The molecule has 0 atom stereocenters. The quantitative estimate of drug-likeness (QED) is 0.614. The van der Waals surface area contributed by atoms with Gasteiger partial charge in [-0.2, -0.15) is 0 Å². The molecule has 0 unspecified atom stereocenters. The van der Waals surface area contributed by atoms with Crippen LogP contribution < -0.4 is 4.84 Å². The summed E-state index contributed by atoms with van der Waals surface area (Å²) in [6.07, 6.45) is 1.69. The van der Waals surface area contributed by atoms with Crippen molar-refractivity contribution in [2.45, 2.75) is 0 Å². The van der Waals surface area contributed by atoms with Crippen LogP contribution >= 0.6 is 34.4 Å². The molecule has 1 heterocycles. The fourth-order valence-electron chi connectivity index (χ4n) is 0.455. The van der Waals surface area contributed by atoms with Crippen molar-refractivity contribution in [3.63, 3.8) is 0 Å². The molecular formula is C5H4ClIN2. The molecule has 1 aromatic heterocycles. The van der Waals surface area contributed by atoms with Crippen molar-refractivity contribution in [3.8, 4) is 0 Å². The molecule has 0 spiro atoms. The van der Waals surface area contributed by atoms with Crippen molar-refractivity contribution in [1.29, 1.82) is 0 Å². The Morgan fingerprint density at radius 1 is 1.67 bits per heavy atom. The highest BCUT2D eigenvalue weighted by Gasteiger charge is 1.93. The summed E-state index contributed by atoms with van der Waals surface area (Å²) in [5.41, 5.74) is 0. The number of aromatic nitrogens is 1. The van der Waals surface area contributed by atoms with Gasteiger partial charge in [-0.3, -0.25) is 4.84 Å². The number of nitrogens with one attached hydrogen (secondary N) is 1. The van der Waals surface area contributed by atoms with Crippen molar-refractivity contribution >= 4 is 40.2 Å². The molecule has 0 aromatic carbocycles. The SMILES string of the molecule is ClNc1ncccc1I. The summed E-state index contributed by atoms with van der Waals surface area (Å²) in [5, 5.41) is 0. The summed E-state index contributed by atoms with van der Waals surface area (Å²) in [6.45, 7) is 0. The molecule has 0 aliphatic rings. The zero-order chi connectivity index (χ0) is 6.69. The van der Waals surface area contributed by atoms with E-state index in [4.69, 9.17) is 11.8 Å². The molecule has 0 aliphatic heterocycles. The van der Waals surface area contributed by atoms with Crippen molar-refractivity contribution in [2.24, 2.45) is 0 Å². The van der Waals surface area contributed by atoms with E-state index >= 15 is 0 Å². The molecule has 1 aromatic rings. The van der Waals surface area contributed by atoms with E-state index in [1.54, 1.807) is 6.20 Å². The fourth-order valence-corrected chi connectivity index (χ4v) is 1.25. The number of hydrogen-bond acceptors (Lipinski definition) is 2. The van der Waals surface area contributed by atoms with Gasteiger partial charge in [0, 0.05) is 18.0 Å². The van der Waals surface area contributed by atoms with Crippen LogP contribution in [-0.4, -0.2) is 4.98 Å². The highest BCUT2D eigenvalue weighted by molar-refractivity contribution is 14.1. The normalized spacial score (nSPS) is 9.11. The molecule has 0 bridgehead atoms. The van der Waals surface area contributed by atoms with Crippen LogP contribution in [0.5, 0.6) is 0 Å². The summed E-state index contributed by atoms with van der Waals surface area (Å²) >= 11 is 7.47. The second-order valence-corrected chi connectivity index (χ2v) is 2.78. The third kappa shape index (κ3) is 1.69. The Morgan fingerprint density at radius 3 is 2.89 bits per heavy atom. The molecule has 1 rings (SSSR count). The molecule has 0 radical (unpaired) electrons. The van der Waals surface area contributed by atoms with Gasteiger partial charge in [-0.05, 0) is 34.7 Å². The van der Waals surface area contributed by atoms with E-state index in [0.29, 0.717) is 5.82 Å². The number of nitrogens with zero attached hydrogens (tertiary/aromatic N) is 1. The van der Waals surface area contributed by atoms with Gasteiger partial charge in [-0.25, -0.2) is 4.98 Å². The predicted octanol–water partition coefficient (Wildman–Crippen LogP) is 2.25. The molecular weight excluding hydrogens is 250 g/mol. The Morgan fingerprint density at radius 2 is 2.44 bits per heavy atom. The number of halogens is 2. The van der Waals surface area contributed by atoms with E-state index in [9.17, 15) is 0 Å². The summed E-state index contributed by atoms with van der Waals surface area (Å²) in [6, 6.07) is 3.79. The van der Waals surface area contributed by atoms with E-state index in [-0.39, 0.29) is 0 Å². The first-order valence-corrected chi connectivity index (χ1v) is 3.77. The molecule has 48 valence electrons. The second-order valence-electron chi connectivity index (χ2n) is 1.43. The number of anilines is 1. The average molecular weight is 254 g/mol. The molecule has 0 saturated heterocycles. The molecule has 9 heavy (non-hydrogen) atoms. The molecule has 0 fully saturated rings. The standard InChI is InChI=1S/C5H4ClIN2/c6-9-5-4(7)2-1-3-8-5/h1-3H,(H,8,9). The van der Waals surface area contributed by atoms with Gasteiger partial charge in [0.15, 0.2) is 5.82 Å². The minimum atomic E-state index is 0.708. The highest BCUT2D eigenvalue weighted by Crippen LogP contribution is 2.13. The Hall–Kier alpha value is -0.0300. The summed E-state index contributed by atoms with van der Waals surface area (Å²) < 4.78 is 1.02. The van der Waals surface area contributed by atoms with Gasteiger partial charge >= 0.3 is 0 Å². The zero-order valence-corrected chi connectivity index (χ0v) is 7.35. The van der Waals surface area contributed by atoms with Crippen LogP contribution in [0.4, 0.5) is 5.82 Å². The van der Waals surface area contributed by atoms with Crippen LogP contribution in [0.3, 0.4) is 0 Å². The Kier molecular flexibility index (Phi) is 2.53. The van der Waals surface area contributed by atoms with Gasteiger partial charge in [0.2, 0.25) is 0 Å². The van der Waals surface area contributed by atoms with Gasteiger partial charge in [0.25, 0.3) is 0 Å². The van der Waals surface area contributed by atoms with Crippen molar-refractivity contribution in [3.05, 3.63) is 21.9 Å². The third-order valence-corrected chi connectivity index (χ3v) is 1.90. The molecule has 0 aliphatic carbocycles. The number of rotatable bonds is 1. The first kappa shape index (κ1) is 7.08. The van der Waals surface area contributed by atoms with Crippen LogP contribution in [0.15, 0.2) is 18.3 Å². The third-order valence-electron chi connectivity index (χ3n) is 0.848. The van der Waals surface area contributed by atoms with Gasteiger partial charge in [0.05, 0.1) is 3.57 Å². The maximum atomic E-state index is 5.31. The smallest absolute Gasteiger partial charge is 0.153 e.